The molecule has 1 aliphatic heterocycles. The number of likely N-dealkylation sites (tertiary alicyclic amines) is 1. The number of rotatable bonds is 4. The molecule has 3 rings (SSSR count). The summed E-state index contributed by atoms with van der Waals surface area (Å²) in [7, 11) is 0. The fourth-order valence-corrected chi connectivity index (χ4v) is 4.71. The maximum absolute atomic E-state index is 9.87. The van der Waals surface area contributed by atoms with E-state index < -0.39 is 0 Å². The Kier molecular flexibility index (Phi) is 5.60. The summed E-state index contributed by atoms with van der Waals surface area (Å²) in [6.07, 6.45) is 5.19. The van der Waals surface area contributed by atoms with Crippen LogP contribution in [-0.2, 0) is 11.8 Å². The number of halogens is 1. The van der Waals surface area contributed by atoms with E-state index >= 15 is 0 Å². The summed E-state index contributed by atoms with van der Waals surface area (Å²) in [5, 5.41) is 18.5. The number of phenols is 1. The van der Waals surface area contributed by atoms with Crippen LogP contribution < -0.4 is 17.3 Å². The number of hydrogen-bond acceptors (Lipinski definition) is 2. The minimum Gasteiger partial charge on any atom is -1.00 e. The maximum Gasteiger partial charge on any atom is 0.115 e. The molecule has 4 heteroatoms. The largest absolute Gasteiger partial charge is 1.00 e. The molecule has 2 N–H and O–H groups in total. The molecule has 1 unspecified atom stereocenters. The van der Waals surface area contributed by atoms with Gasteiger partial charge in [0.05, 0.1) is 25.2 Å². The Morgan fingerprint density at radius 3 is 2.91 bits per heavy atom. The van der Waals surface area contributed by atoms with E-state index in [0.717, 1.165) is 19.3 Å². The summed E-state index contributed by atoms with van der Waals surface area (Å²) < 4.78 is 0. The Hall–Kier alpha value is -1.24. The second-order valence-corrected chi connectivity index (χ2v) is 7.38. The second-order valence-electron chi connectivity index (χ2n) is 7.38. The number of nitrogens with zero attached hydrogens (tertiary/aromatic N) is 1. The van der Waals surface area contributed by atoms with E-state index in [1.165, 1.54) is 30.6 Å². The molecule has 0 amide bonds. The molecule has 2 bridgehead atoms. The van der Waals surface area contributed by atoms with Crippen molar-refractivity contribution in [3.8, 4) is 11.8 Å². The third kappa shape index (κ3) is 3.20. The average molecular weight is 335 g/mol. The number of unbranched alkanes of at least 4 members (excludes halogenated alkanes) is 2. The van der Waals surface area contributed by atoms with Gasteiger partial charge in [-0.15, -0.1) is 0 Å². The molecule has 0 spiro atoms. The summed E-state index contributed by atoms with van der Waals surface area (Å²) in [4.78, 5) is 1.72. The molecule has 1 aliphatic carbocycles. The van der Waals surface area contributed by atoms with Crippen LogP contribution in [0.1, 0.15) is 50.7 Å². The molecule has 0 radical (unpaired) electrons. The van der Waals surface area contributed by atoms with Gasteiger partial charge in [0.2, 0.25) is 0 Å². The van der Waals surface area contributed by atoms with Gasteiger partial charge >= 0.3 is 0 Å². The van der Waals surface area contributed by atoms with Crippen LogP contribution in [0.5, 0.6) is 5.75 Å². The van der Waals surface area contributed by atoms with Crippen molar-refractivity contribution in [3.63, 3.8) is 0 Å². The fraction of sp³-hybridized carbons (Fsp3) is 0.632. The number of quaternary nitrogens is 1. The van der Waals surface area contributed by atoms with Crippen molar-refractivity contribution in [3.05, 3.63) is 29.3 Å². The van der Waals surface area contributed by atoms with Gasteiger partial charge in [-0.05, 0) is 36.1 Å². The lowest BCUT2D eigenvalue weighted by molar-refractivity contribution is -0.937. The molecular formula is C19H27ClN2O. The summed E-state index contributed by atoms with van der Waals surface area (Å²) >= 11 is 0. The van der Waals surface area contributed by atoms with Crippen LogP contribution >= 0.6 is 0 Å². The van der Waals surface area contributed by atoms with Crippen molar-refractivity contribution in [2.24, 2.45) is 5.92 Å². The molecule has 1 aromatic carbocycles. The van der Waals surface area contributed by atoms with Gasteiger partial charge in [-0.2, -0.15) is 5.26 Å². The summed E-state index contributed by atoms with van der Waals surface area (Å²) in [6, 6.07) is 8.89. The number of fused-ring (bicyclic) bond motifs is 4. The second kappa shape index (κ2) is 7.11. The van der Waals surface area contributed by atoms with E-state index in [1.807, 2.05) is 12.1 Å². The third-order valence-corrected chi connectivity index (χ3v) is 6.28. The number of benzene rings is 1. The highest BCUT2D eigenvalue weighted by molar-refractivity contribution is 5.43. The molecule has 1 aromatic rings. The van der Waals surface area contributed by atoms with Crippen LogP contribution in [0.4, 0.5) is 0 Å². The summed E-state index contributed by atoms with van der Waals surface area (Å²) in [5.74, 6) is 1.04. The zero-order valence-corrected chi connectivity index (χ0v) is 14.9. The van der Waals surface area contributed by atoms with E-state index in [2.05, 4.69) is 26.0 Å². The Bertz CT molecular complexity index is 598. The minimum absolute atomic E-state index is 0. The molecule has 2 aliphatic rings. The Labute approximate surface area is 145 Å². The van der Waals surface area contributed by atoms with Gasteiger partial charge in [-0.3, -0.25) is 0 Å². The topological polar surface area (TPSA) is 48.5 Å². The van der Waals surface area contributed by atoms with E-state index in [0.29, 0.717) is 24.1 Å². The van der Waals surface area contributed by atoms with E-state index in [1.54, 1.807) is 4.90 Å². The molecule has 1 heterocycles. The van der Waals surface area contributed by atoms with Crippen LogP contribution in [0.3, 0.4) is 0 Å². The van der Waals surface area contributed by atoms with Gasteiger partial charge in [-0.1, -0.05) is 19.9 Å². The minimum atomic E-state index is 0. The maximum atomic E-state index is 9.87. The van der Waals surface area contributed by atoms with Crippen molar-refractivity contribution >= 4 is 0 Å². The molecule has 4 atom stereocenters. The van der Waals surface area contributed by atoms with Crippen LogP contribution in [-0.4, -0.2) is 24.2 Å². The Morgan fingerprint density at radius 1 is 1.39 bits per heavy atom. The first kappa shape index (κ1) is 18.1. The van der Waals surface area contributed by atoms with Crippen LogP contribution in [0.15, 0.2) is 18.2 Å². The van der Waals surface area contributed by atoms with Crippen molar-refractivity contribution in [1.29, 1.82) is 5.26 Å². The first-order valence-corrected chi connectivity index (χ1v) is 8.60. The molecule has 1 saturated heterocycles. The van der Waals surface area contributed by atoms with Crippen molar-refractivity contribution in [2.75, 3.05) is 13.1 Å². The van der Waals surface area contributed by atoms with Gasteiger partial charge in [0.15, 0.2) is 0 Å². The molecule has 126 valence electrons. The van der Waals surface area contributed by atoms with Crippen LogP contribution in [0, 0.1) is 17.2 Å². The first-order valence-electron chi connectivity index (χ1n) is 8.60. The Morgan fingerprint density at radius 2 is 2.17 bits per heavy atom. The molecule has 3 nitrogen and oxygen atoms in total. The predicted octanol–water partition coefficient (Wildman–Crippen LogP) is -0.803. The Balaban J connectivity index is 0.00000192. The van der Waals surface area contributed by atoms with Gasteiger partial charge in [0.1, 0.15) is 5.75 Å². The lowest BCUT2D eigenvalue weighted by Gasteiger charge is -2.52. The predicted molar refractivity (Wildman–Crippen MR) is 86.9 cm³/mol. The van der Waals surface area contributed by atoms with Crippen LogP contribution in [0.2, 0.25) is 0 Å². The third-order valence-electron chi connectivity index (χ3n) is 6.28. The lowest BCUT2D eigenvalue weighted by atomic mass is 9.59. The molecule has 0 aromatic heterocycles. The van der Waals surface area contributed by atoms with Crippen molar-refractivity contribution in [1.82, 2.24) is 0 Å². The zero-order valence-electron chi connectivity index (χ0n) is 14.1. The molecular weight excluding hydrogens is 308 g/mol. The quantitative estimate of drug-likeness (QED) is 0.708. The van der Waals surface area contributed by atoms with E-state index in [4.69, 9.17) is 5.26 Å². The van der Waals surface area contributed by atoms with E-state index in [9.17, 15) is 5.11 Å². The zero-order chi connectivity index (χ0) is 15.7. The highest BCUT2D eigenvalue weighted by atomic mass is 35.5. The number of aromatic hydroxyl groups is 1. The van der Waals surface area contributed by atoms with Gasteiger partial charge in [0, 0.05) is 30.6 Å². The van der Waals surface area contributed by atoms with E-state index in [-0.39, 0.29) is 17.8 Å². The number of nitrogens with one attached hydrogen (secondary N) is 1. The number of piperidine rings is 1. The number of hydrogen-bond donors (Lipinski definition) is 2. The van der Waals surface area contributed by atoms with Crippen molar-refractivity contribution in [2.45, 2.75) is 57.4 Å². The van der Waals surface area contributed by atoms with Gasteiger partial charge in [0.25, 0.3) is 0 Å². The first-order chi connectivity index (χ1) is 10.6. The SMILES string of the molecule is C[C@H]1[C@H]2Cc3ccc(O)cc3[C@]1(C)CC[NH+]2CCCCC#N.[Cl-]. The van der Waals surface area contributed by atoms with Gasteiger partial charge < -0.3 is 22.4 Å². The normalized spacial score (nSPS) is 31.6. The van der Waals surface area contributed by atoms with Crippen molar-refractivity contribution < 1.29 is 22.4 Å². The highest BCUT2D eigenvalue weighted by Gasteiger charge is 2.50. The number of nitriles is 1. The fourth-order valence-electron chi connectivity index (χ4n) is 4.71. The smallest absolute Gasteiger partial charge is 0.115 e. The average Bonchev–Trinajstić information content (AvgIpc) is 2.50. The lowest BCUT2D eigenvalue weighted by Crippen LogP contribution is -3.18. The standard InChI is InChI=1S/C19H26N2O.ClH/c1-14-18-12-15-6-7-16(22)13-17(15)19(14,2)8-11-21(18)10-5-3-4-9-20;/h6-7,13-14,18,22H,3-5,8,10-12H2,1-2H3;1H/t14-,18+,19+;/m0./s1. The molecule has 0 saturated carbocycles. The summed E-state index contributed by atoms with van der Waals surface area (Å²) in [6.45, 7) is 7.19. The monoisotopic (exact) mass is 334 g/mol. The van der Waals surface area contributed by atoms with Gasteiger partial charge in [-0.25, -0.2) is 0 Å². The number of phenolic OH excluding ortho intramolecular Hbond substituents is 1. The van der Waals surface area contributed by atoms with Crippen LogP contribution in [0.25, 0.3) is 0 Å². The summed E-state index contributed by atoms with van der Waals surface area (Å²) in [5.41, 5.74) is 3.00. The highest BCUT2D eigenvalue weighted by Crippen LogP contribution is 2.45. The molecule has 1 fully saturated rings. The molecule has 23 heavy (non-hydrogen) atoms.